The summed E-state index contributed by atoms with van der Waals surface area (Å²) in [5.41, 5.74) is 2.29. The average molecular weight is 492 g/mol. The zero-order valence-corrected chi connectivity index (χ0v) is 18.6. The molecule has 1 aliphatic heterocycles. The number of hydrogen-bond acceptors (Lipinski definition) is 5. The van der Waals surface area contributed by atoms with Crippen LogP contribution in [0.1, 0.15) is 28.8 Å². The number of nitrogens with zero attached hydrogens (tertiary/aromatic N) is 3. The number of aryl methyl sites for hydroxylation is 1. The minimum atomic E-state index is -0.786. The summed E-state index contributed by atoms with van der Waals surface area (Å²) in [5, 5.41) is 11.4. The molecule has 0 spiro atoms. The fraction of sp³-hybridized carbons (Fsp3) is 0.125. The molecule has 1 unspecified atom stereocenters. The number of ketones is 1. The van der Waals surface area contributed by atoms with E-state index in [1.807, 2.05) is 42.5 Å². The minimum absolute atomic E-state index is 0.0217. The Balaban J connectivity index is 1.74. The number of carbonyl (C=O) groups is 2. The standard InChI is InChI=1S/C24H18BrN3O4/c1-14-20(27-10-3-2-9-18(27)26-14)22(29)19-21(15-6-4-7-16(25)12-15)28(24(31)23(19)30)13-17-8-5-11-32-17/h2-12,21,29H,13H2,1H3/b22-19+. The van der Waals surface area contributed by atoms with Gasteiger partial charge >= 0.3 is 0 Å². The van der Waals surface area contributed by atoms with Crippen molar-refractivity contribution in [3.8, 4) is 0 Å². The second kappa shape index (κ2) is 7.80. The lowest BCUT2D eigenvalue weighted by Gasteiger charge is -2.24. The van der Waals surface area contributed by atoms with Gasteiger partial charge in [-0.1, -0.05) is 34.1 Å². The number of imidazole rings is 1. The Morgan fingerprint density at radius 1 is 1.16 bits per heavy atom. The van der Waals surface area contributed by atoms with Gasteiger partial charge in [0.2, 0.25) is 0 Å². The summed E-state index contributed by atoms with van der Waals surface area (Å²) in [6, 6.07) is 15.5. The van der Waals surface area contributed by atoms with Gasteiger partial charge in [0.1, 0.15) is 17.1 Å². The second-order valence-electron chi connectivity index (χ2n) is 7.54. The number of rotatable bonds is 4. The summed E-state index contributed by atoms with van der Waals surface area (Å²) in [6.45, 7) is 1.85. The van der Waals surface area contributed by atoms with Crippen molar-refractivity contribution in [2.45, 2.75) is 19.5 Å². The number of furan rings is 1. The summed E-state index contributed by atoms with van der Waals surface area (Å²) in [7, 11) is 0. The topological polar surface area (TPSA) is 88.0 Å². The summed E-state index contributed by atoms with van der Waals surface area (Å²) >= 11 is 3.46. The van der Waals surface area contributed by atoms with E-state index in [9.17, 15) is 14.7 Å². The molecule has 160 valence electrons. The van der Waals surface area contributed by atoms with E-state index in [1.165, 1.54) is 11.2 Å². The molecule has 8 heteroatoms. The van der Waals surface area contributed by atoms with E-state index >= 15 is 0 Å². The van der Waals surface area contributed by atoms with Gasteiger partial charge in [-0.3, -0.25) is 14.0 Å². The molecule has 7 nitrogen and oxygen atoms in total. The fourth-order valence-corrected chi connectivity index (χ4v) is 4.58. The minimum Gasteiger partial charge on any atom is -0.505 e. The van der Waals surface area contributed by atoms with Crippen LogP contribution >= 0.6 is 15.9 Å². The van der Waals surface area contributed by atoms with Crippen LogP contribution in [-0.2, 0) is 16.1 Å². The number of aliphatic hydroxyl groups is 1. The van der Waals surface area contributed by atoms with E-state index < -0.39 is 17.7 Å². The van der Waals surface area contributed by atoms with Crippen LogP contribution in [-0.4, -0.2) is 31.1 Å². The molecule has 1 saturated heterocycles. The summed E-state index contributed by atoms with van der Waals surface area (Å²) in [4.78, 5) is 32.2. The van der Waals surface area contributed by atoms with Crippen LogP contribution in [0, 0.1) is 6.92 Å². The monoisotopic (exact) mass is 491 g/mol. The van der Waals surface area contributed by atoms with Crippen LogP contribution in [0.4, 0.5) is 0 Å². The van der Waals surface area contributed by atoms with Crippen molar-refractivity contribution in [2.75, 3.05) is 0 Å². The summed E-state index contributed by atoms with van der Waals surface area (Å²) in [5.74, 6) is -1.16. The number of aliphatic hydroxyl groups excluding tert-OH is 1. The zero-order valence-electron chi connectivity index (χ0n) is 17.0. The van der Waals surface area contributed by atoms with Crippen LogP contribution in [0.15, 0.2) is 81.5 Å². The molecule has 32 heavy (non-hydrogen) atoms. The first kappa shape index (κ1) is 20.3. The highest BCUT2D eigenvalue weighted by molar-refractivity contribution is 9.10. The number of likely N-dealkylation sites (tertiary alicyclic amines) is 1. The number of carbonyl (C=O) groups excluding carboxylic acids is 2. The second-order valence-corrected chi connectivity index (χ2v) is 8.45. The van der Waals surface area contributed by atoms with Gasteiger partial charge in [-0.15, -0.1) is 0 Å². The van der Waals surface area contributed by atoms with Gasteiger partial charge in [0.25, 0.3) is 11.7 Å². The lowest BCUT2D eigenvalue weighted by Crippen LogP contribution is -2.29. The lowest BCUT2D eigenvalue weighted by molar-refractivity contribution is -0.140. The van der Waals surface area contributed by atoms with E-state index in [1.54, 1.807) is 29.7 Å². The Labute approximate surface area is 191 Å². The fourth-order valence-electron chi connectivity index (χ4n) is 4.16. The molecule has 1 fully saturated rings. The predicted octanol–water partition coefficient (Wildman–Crippen LogP) is 4.62. The normalized spacial score (nSPS) is 18.1. The predicted molar refractivity (Wildman–Crippen MR) is 121 cm³/mol. The van der Waals surface area contributed by atoms with E-state index in [0.29, 0.717) is 28.4 Å². The van der Waals surface area contributed by atoms with Gasteiger partial charge < -0.3 is 14.4 Å². The van der Waals surface area contributed by atoms with Crippen LogP contribution in [0.25, 0.3) is 11.4 Å². The molecule has 3 aromatic heterocycles. The molecule has 1 aromatic carbocycles. The number of hydrogen-bond donors (Lipinski definition) is 1. The maximum absolute atomic E-state index is 13.2. The first-order valence-electron chi connectivity index (χ1n) is 9.96. The number of benzene rings is 1. The third-order valence-electron chi connectivity index (χ3n) is 5.54. The first-order chi connectivity index (χ1) is 15.5. The van der Waals surface area contributed by atoms with Crippen molar-refractivity contribution < 1.29 is 19.1 Å². The Morgan fingerprint density at radius 2 is 2.00 bits per heavy atom. The van der Waals surface area contributed by atoms with Gasteiger partial charge in [0.05, 0.1) is 30.1 Å². The van der Waals surface area contributed by atoms with Gasteiger partial charge in [-0.25, -0.2) is 4.98 Å². The summed E-state index contributed by atoms with van der Waals surface area (Å²) in [6.07, 6.45) is 3.28. The number of pyridine rings is 1. The Morgan fingerprint density at radius 3 is 2.75 bits per heavy atom. The first-order valence-corrected chi connectivity index (χ1v) is 10.8. The molecule has 1 aliphatic rings. The molecule has 1 amide bonds. The average Bonchev–Trinajstić information content (AvgIpc) is 3.46. The van der Waals surface area contributed by atoms with Crippen molar-refractivity contribution in [2.24, 2.45) is 0 Å². The van der Waals surface area contributed by atoms with Crippen LogP contribution in [0.5, 0.6) is 0 Å². The zero-order chi connectivity index (χ0) is 22.4. The maximum Gasteiger partial charge on any atom is 0.296 e. The van der Waals surface area contributed by atoms with Gasteiger partial charge in [-0.05, 0) is 48.9 Å². The molecule has 5 rings (SSSR count). The lowest BCUT2D eigenvalue weighted by atomic mass is 9.96. The van der Waals surface area contributed by atoms with Crippen molar-refractivity contribution in [3.63, 3.8) is 0 Å². The van der Waals surface area contributed by atoms with Gasteiger partial charge in [0.15, 0.2) is 5.76 Å². The smallest absolute Gasteiger partial charge is 0.296 e. The Bertz CT molecular complexity index is 1390. The SMILES string of the molecule is Cc1nc2ccccn2c1/C(O)=C1\C(=O)C(=O)N(Cc2ccco2)C1c1cccc(Br)c1. The molecule has 4 aromatic rings. The van der Waals surface area contributed by atoms with Crippen molar-refractivity contribution in [3.05, 3.63) is 99.8 Å². The largest absolute Gasteiger partial charge is 0.505 e. The van der Waals surface area contributed by atoms with Crippen LogP contribution < -0.4 is 0 Å². The highest BCUT2D eigenvalue weighted by Gasteiger charge is 2.47. The molecule has 1 N–H and O–H groups in total. The molecule has 0 radical (unpaired) electrons. The van der Waals surface area contributed by atoms with Crippen LogP contribution in [0.2, 0.25) is 0 Å². The highest BCUT2D eigenvalue weighted by Crippen LogP contribution is 2.41. The molecule has 0 aliphatic carbocycles. The molecule has 0 saturated carbocycles. The summed E-state index contributed by atoms with van der Waals surface area (Å²) < 4.78 is 7.93. The molecular weight excluding hydrogens is 474 g/mol. The van der Waals surface area contributed by atoms with E-state index in [4.69, 9.17) is 4.42 Å². The Hall–Kier alpha value is -3.65. The molecular formula is C24H18BrN3O4. The third kappa shape index (κ3) is 3.23. The van der Waals surface area contributed by atoms with Crippen LogP contribution in [0.3, 0.4) is 0 Å². The molecule has 0 bridgehead atoms. The van der Waals surface area contributed by atoms with E-state index in [-0.39, 0.29) is 17.9 Å². The number of aromatic nitrogens is 2. The third-order valence-corrected chi connectivity index (χ3v) is 6.03. The van der Waals surface area contributed by atoms with Gasteiger partial charge in [0, 0.05) is 10.7 Å². The van der Waals surface area contributed by atoms with Crippen molar-refractivity contribution >= 4 is 39.0 Å². The van der Waals surface area contributed by atoms with Crippen molar-refractivity contribution in [1.29, 1.82) is 0 Å². The van der Waals surface area contributed by atoms with Gasteiger partial charge in [-0.2, -0.15) is 0 Å². The Kier molecular flexibility index (Phi) is 4.94. The quantitative estimate of drug-likeness (QED) is 0.255. The van der Waals surface area contributed by atoms with E-state index in [0.717, 1.165) is 4.47 Å². The van der Waals surface area contributed by atoms with E-state index in [2.05, 4.69) is 20.9 Å². The molecule has 4 heterocycles. The number of fused-ring (bicyclic) bond motifs is 1. The highest BCUT2D eigenvalue weighted by atomic mass is 79.9. The van der Waals surface area contributed by atoms with Crippen molar-refractivity contribution in [1.82, 2.24) is 14.3 Å². The molecule has 1 atom stereocenters. The number of halogens is 1. The number of amides is 1. The number of Topliss-reactive ketones (excluding diaryl/α,β-unsaturated/α-hetero) is 1. The maximum atomic E-state index is 13.2.